The average molecular weight is 292 g/mol. The molecule has 3 rings (SSSR count). The van der Waals surface area contributed by atoms with Gasteiger partial charge in [0.25, 0.3) is 0 Å². The van der Waals surface area contributed by atoms with E-state index in [1.807, 2.05) is 7.05 Å². The molecule has 1 fully saturated rings. The molecule has 4 nitrogen and oxygen atoms in total. The van der Waals surface area contributed by atoms with Gasteiger partial charge in [0.2, 0.25) is 0 Å². The molecule has 0 aliphatic carbocycles. The van der Waals surface area contributed by atoms with Gasteiger partial charge < -0.3 is 0 Å². The Morgan fingerprint density at radius 1 is 1.33 bits per heavy atom. The van der Waals surface area contributed by atoms with Gasteiger partial charge in [-0.3, -0.25) is 9.58 Å². The zero-order valence-electron chi connectivity index (χ0n) is 12.0. The number of rotatable bonds is 3. The van der Waals surface area contributed by atoms with Crippen LogP contribution in [0.5, 0.6) is 0 Å². The van der Waals surface area contributed by atoms with Gasteiger partial charge >= 0.3 is 0 Å². The number of halogens is 2. The van der Waals surface area contributed by atoms with Crippen LogP contribution in [0.2, 0.25) is 0 Å². The van der Waals surface area contributed by atoms with Crippen molar-refractivity contribution in [1.29, 1.82) is 0 Å². The summed E-state index contributed by atoms with van der Waals surface area (Å²) in [6.07, 6.45) is 3.39. The molecule has 1 aliphatic rings. The first kappa shape index (κ1) is 14.1. The second kappa shape index (κ2) is 5.89. The molecule has 0 bridgehead atoms. The summed E-state index contributed by atoms with van der Waals surface area (Å²) in [5.41, 5.74) is 0.484. The predicted molar refractivity (Wildman–Crippen MR) is 74.6 cm³/mol. The van der Waals surface area contributed by atoms with Crippen molar-refractivity contribution >= 4 is 0 Å². The van der Waals surface area contributed by atoms with E-state index in [1.165, 1.54) is 24.5 Å². The van der Waals surface area contributed by atoms with Gasteiger partial charge in [-0.05, 0) is 49.1 Å². The molecule has 1 aromatic carbocycles. The SMILES string of the molecule is Cn1ncnc1CN1CCC[C@H](c2cc(F)ccc2F)C1. The molecule has 1 atom stereocenters. The molecule has 112 valence electrons. The minimum absolute atomic E-state index is 0.0303. The Hall–Kier alpha value is -1.82. The zero-order chi connectivity index (χ0) is 14.8. The Kier molecular flexibility index (Phi) is 3.96. The minimum Gasteiger partial charge on any atom is -0.295 e. The summed E-state index contributed by atoms with van der Waals surface area (Å²) >= 11 is 0. The van der Waals surface area contributed by atoms with Crippen molar-refractivity contribution in [2.45, 2.75) is 25.3 Å². The molecule has 2 heterocycles. The zero-order valence-corrected chi connectivity index (χ0v) is 12.0. The monoisotopic (exact) mass is 292 g/mol. The second-order valence-corrected chi connectivity index (χ2v) is 5.54. The van der Waals surface area contributed by atoms with E-state index < -0.39 is 0 Å². The molecule has 0 N–H and O–H groups in total. The van der Waals surface area contributed by atoms with Crippen molar-refractivity contribution in [3.05, 3.63) is 47.5 Å². The van der Waals surface area contributed by atoms with Crippen LogP contribution >= 0.6 is 0 Å². The lowest BCUT2D eigenvalue weighted by Crippen LogP contribution is -2.35. The molecule has 0 amide bonds. The first-order valence-corrected chi connectivity index (χ1v) is 7.13. The predicted octanol–water partition coefficient (Wildman–Crippen LogP) is 2.47. The Balaban J connectivity index is 1.73. The highest BCUT2D eigenvalue weighted by molar-refractivity contribution is 5.23. The highest BCUT2D eigenvalue weighted by Crippen LogP contribution is 2.29. The van der Waals surface area contributed by atoms with Crippen molar-refractivity contribution < 1.29 is 8.78 Å². The van der Waals surface area contributed by atoms with Crippen LogP contribution in [0, 0.1) is 11.6 Å². The molecular weight excluding hydrogens is 274 g/mol. The van der Waals surface area contributed by atoms with Gasteiger partial charge in [-0.15, -0.1) is 0 Å². The largest absolute Gasteiger partial charge is 0.295 e. The molecule has 1 saturated heterocycles. The number of aryl methyl sites for hydroxylation is 1. The van der Waals surface area contributed by atoms with Crippen LogP contribution in [0.3, 0.4) is 0 Å². The molecule has 0 saturated carbocycles. The topological polar surface area (TPSA) is 34.0 Å². The normalized spacial score (nSPS) is 19.9. The van der Waals surface area contributed by atoms with Crippen molar-refractivity contribution in [2.24, 2.45) is 7.05 Å². The van der Waals surface area contributed by atoms with Crippen molar-refractivity contribution in [3.63, 3.8) is 0 Å². The van der Waals surface area contributed by atoms with Gasteiger partial charge in [0.15, 0.2) is 0 Å². The summed E-state index contributed by atoms with van der Waals surface area (Å²) in [5, 5.41) is 4.05. The summed E-state index contributed by atoms with van der Waals surface area (Å²) < 4.78 is 29.0. The third kappa shape index (κ3) is 3.10. The smallest absolute Gasteiger partial charge is 0.140 e. The number of aromatic nitrogens is 3. The maximum absolute atomic E-state index is 13.9. The Labute approximate surface area is 122 Å². The first-order valence-electron chi connectivity index (χ1n) is 7.13. The van der Waals surface area contributed by atoms with Gasteiger partial charge in [0, 0.05) is 13.6 Å². The van der Waals surface area contributed by atoms with E-state index in [9.17, 15) is 8.78 Å². The number of benzene rings is 1. The highest BCUT2D eigenvalue weighted by Gasteiger charge is 2.24. The lowest BCUT2D eigenvalue weighted by atomic mass is 9.90. The van der Waals surface area contributed by atoms with E-state index in [-0.39, 0.29) is 17.6 Å². The van der Waals surface area contributed by atoms with Crippen molar-refractivity contribution in [2.75, 3.05) is 13.1 Å². The van der Waals surface area contributed by atoms with Gasteiger partial charge in [-0.1, -0.05) is 0 Å². The van der Waals surface area contributed by atoms with Crippen LogP contribution in [0.4, 0.5) is 8.78 Å². The van der Waals surface area contributed by atoms with Crippen molar-refractivity contribution in [1.82, 2.24) is 19.7 Å². The van der Waals surface area contributed by atoms with Crippen LogP contribution in [-0.2, 0) is 13.6 Å². The lowest BCUT2D eigenvalue weighted by Gasteiger charge is -2.32. The van der Waals surface area contributed by atoms with Crippen LogP contribution < -0.4 is 0 Å². The molecule has 0 radical (unpaired) electrons. The summed E-state index contributed by atoms with van der Waals surface area (Å²) in [5.74, 6) is 0.219. The Bertz CT molecular complexity index is 626. The number of piperidine rings is 1. The van der Waals surface area contributed by atoms with Crippen LogP contribution in [-0.4, -0.2) is 32.8 Å². The van der Waals surface area contributed by atoms with E-state index in [1.54, 1.807) is 4.68 Å². The van der Waals surface area contributed by atoms with Crippen LogP contribution in [0.1, 0.15) is 30.1 Å². The van der Waals surface area contributed by atoms with E-state index >= 15 is 0 Å². The standard InChI is InChI=1S/C15H18F2N4/c1-20-15(18-10-19-20)9-21-6-2-3-11(8-21)13-7-12(16)4-5-14(13)17/h4-5,7,10-11H,2-3,6,8-9H2,1H3/t11-/m0/s1. The van der Waals surface area contributed by atoms with Crippen molar-refractivity contribution in [3.8, 4) is 0 Å². The van der Waals surface area contributed by atoms with Gasteiger partial charge in [-0.25, -0.2) is 13.8 Å². The lowest BCUT2D eigenvalue weighted by molar-refractivity contribution is 0.191. The number of hydrogen-bond donors (Lipinski definition) is 0. The molecule has 2 aromatic rings. The van der Waals surface area contributed by atoms with Gasteiger partial charge in [0.05, 0.1) is 6.54 Å². The fourth-order valence-corrected chi connectivity index (χ4v) is 2.94. The minimum atomic E-state index is -0.378. The molecule has 21 heavy (non-hydrogen) atoms. The highest BCUT2D eigenvalue weighted by atomic mass is 19.1. The summed E-state index contributed by atoms with van der Waals surface area (Å²) in [6, 6.07) is 3.71. The van der Waals surface area contributed by atoms with E-state index in [4.69, 9.17) is 0 Å². The summed E-state index contributed by atoms with van der Waals surface area (Å²) in [7, 11) is 1.86. The Morgan fingerprint density at radius 2 is 2.19 bits per heavy atom. The van der Waals surface area contributed by atoms with Gasteiger partial charge in [0.1, 0.15) is 23.8 Å². The molecule has 0 unspecified atom stereocenters. The van der Waals surface area contributed by atoms with E-state index in [0.717, 1.165) is 25.2 Å². The second-order valence-electron chi connectivity index (χ2n) is 5.54. The van der Waals surface area contributed by atoms with Gasteiger partial charge in [-0.2, -0.15) is 5.10 Å². The molecule has 0 spiro atoms. The third-order valence-corrected chi connectivity index (χ3v) is 4.07. The quantitative estimate of drug-likeness (QED) is 0.871. The van der Waals surface area contributed by atoms with E-state index in [2.05, 4.69) is 15.0 Å². The number of hydrogen-bond acceptors (Lipinski definition) is 3. The number of likely N-dealkylation sites (tertiary alicyclic amines) is 1. The summed E-state index contributed by atoms with van der Waals surface area (Å²) in [4.78, 5) is 6.44. The van der Waals surface area contributed by atoms with E-state index in [0.29, 0.717) is 18.7 Å². The molecular formula is C15H18F2N4. The third-order valence-electron chi connectivity index (χ3n) is 4.07. The molecule has 6 heteroatoms. The van der Waals surface area contributed by atoms with Crippen LogP contribution in [0.15, 0.2) is 24.5 Å². The maximum Gasteiger partial charge on any atom is 0.140 e. The molecule has 1 aromatic heterocycles. The Morgan fingerprint density at radius 3 is 2.95 bits per heavy atom. The maximum atomic E-state index is 13.9. The number of nitrogens with zero attached hydrogens (tertiary/aromatic N) is 4. The first-order chi connectivity index (χ1) is 10.1. The average Bonchev–Trinajstić information content (AvgIpc) is 2.87. The molecule has 1 aliphatic heterocycles. The van der Waals surface area contributed by atoms with Crippen LogP contribution in [0.25, 0.3) is 0 Å². The summed E-state index contributed by atoms with van der Waals surface area (Å²) in [6.45, 7) is 2.34. The fourth-order valence-electron chi connectivity index (χ4n) is 2.94. The fraction of sp³-hybridized carbons (Fsp3) is 0.467.